The van der Waals surface area contributed by atoms with E-state index in [0.29, 0.717) is 13.1 Å². The minimum Gasteiger partial charge on any atom is -0.479 e. The molecule has 0 spiro atoms. The first-order valence-electron chi connectivity index (χ1n) is 5.50. The van der Waals surface area contributed by atoms with Crippen molar-refractivity contribution >= 4 is 12.0 Å². The zero-order chi connectivity index (χ0) is 13.1. The minimum absolute atomic E-state index is 0.298. The summed E-state index contributed by atoms with van der Waals surface area (Å²) in [5.41, 5.74) is -1.93. The number of nitrogens with zero attached hydrogens (tertiary/aromatic N) is 2. The fraction of sp³-hybridized carbons (Fsp3) is 0.800. The third-order valence-corrected chi connectivity index (χ3v) is 2.84. The van der Waals surface area contributed by atoms with Gasteiger partial charge in [0.15, 0.2) is 5.60 Å². The zero-order valence-electron chi connectivity index (χ0n) is 10.1. The normalized spacial score (nSPS) is 20.8. The van der Waals surface area contributed by atoms with E-state index in [1.807, 2.05) is 7.05 Å². The third-order valence-electron chi connectivity index (χ3n) is 2.84. The highest BCUT2D eigenvalue weighted by atomic mass is 16.4. The molecule has 1 saturated heterocycles. The Balaban J connectivity index is 2.37. The molecule has 0 aliphatic carbocycles. The fourth-order valence-electron chi connectivity index (χ4n) is 1.44. The van der Waals surface area contributed by atoms with Gasteiger partial charge in [0.1, 0.15) is 0 Å². The Kier molecular flexibility index (Phi) is 4.30. The molecule has 1 aliphatic heterocycles. The van der Waals surface area contributed by atoms with Gasteiger partial charge in [-0.25, -0.2) is 9.59 Å². The fourth-order valence-corrected chi connectivity index (χ4v) is 1.44. The van der Waals surface area contributed by atoms with Gasteiger partial charge in [-0.1, -0.05) is 0 Å². The molecule has 7 heteroatoms. The van der Waals surface area contributed by atoms with Crippen molar-refractivity contribution in [1.29, 1.82) is 0 Å². The van der Waals surface area contributed by atoms with Crippen molar-refractivity contribution in [3.05, 3.63) is 0 Å². The maximum atomic E-state index is 11.7. The van der Waals surface area contributed by atoms with Crippen LogP contribution in [-0.4, -0.2) is 77.4 Å². The van der Waals surface area contributed by atoms with Gasteiger partial charge in [0.2, 0.25) is 0 Å². The predicted molar refractivity (Wildman–Crippen MR) is 60.7 cm³/mol. The second kappa shape index (κ2) is 5.33. The number of piperazine rings is 1. The SMILES string of the molecule is CN1CCN(C(=O)NCC(C)(O)C(=O)O)CC1. The lowest BCUT2D eigenvalue weighted by atomic mass is 10.1. The number of carbonyl (C=O) groups excluding carboxylic acids is 1. The van der Waals surface area contributed by atoms with E-state index in [-0.39, 0.29) is 12.6 Å². The monoisotopic (exact) mass is 245 g/mol. The number of hydrogen-bond donors (Lipinski definition) is 3. The van der Waals surface area contributed by atoms with Crippen LogP contribution < -0.4 is 5.32 Å². The average Bonchev–Trinajstić information content (AvgIpc) is 2.27. The Labute approximate surface area is 100.0 Å². The van der Waals surface area contributed by atoms with Gasteiger partial charge in [0.25, 0.3) is 0 Å². The Morgan fingerprint density at radius 3 is 2.29 bits per heavy atom. The van der Waals surface area contributed by atoms with E-state index in [9.17, 15) is 14.7 Å². The van der Waals surface area contributed by atoms with Gasteiger partial charge in [-0.2, -0.15) is 0 Å². The molecular weight excluding hydrogens is 226 g/mol. The summed E-state index contributed by atoms with van der Waals surface area (Å²) in [6.45, 7) is 3.66. The first kappa shape index (κ1) is 13.7. The lowest BCUT2D eigenvalue weighted by Gasteiger charge is -2.33. The summed E-state index contributed by atoms with van der Waals surface area (Å²) < 4.78 is 0. The summed E-state index contributed by atoms with van der Waals surface area (Å²) in [5.74, 6) is -1.35. The van der Waals surface area contributed by atoms with E-state index in [1.54, 1.807) is 4.90 Å². The molecule has 1 fully saturated rings. The molecule has 2 amide bonds. The van der Waals surface area contributed by atoms with E-state index < -0.39 is 11.6 Å². The molecule has 0 bridgehead atoms. The first-order valence-corrected chi connectivity index (χ1v) is 5.50. The average molecular weight is 245 g/mol. The Morgan fingerprint density at radius 1 is 1.29 bits per heavy atom. The van der Waals surface area contributed by atoms with Gasteiger partial charge in [0.05, 0.1) is 6.54 Å². The largest absolute Gasteiger partial charge is 0.479 e. The highest BCUT2D eigenvalue weighted by molar-refractivity contribution is 5.79. The van der Waals surface area contributed by atoms with E-state index >= 15 is 0 Å². The highest BCUT2D eigenvalue weighted by Gasteiger charge is 2.31. The van der Waals surface area contributed by atoms with Crippen LogP contribution in [0.2, 0.25) is 0 Å². The number of likely N-dealkylation sites (N-methyl/N-ethyl adjacent to an activating group) is 1. The number of rotatable bonds is 3. The van der Waals surface area contributed by atoms with Crippen LogP contribution in [0.25, 0.3) is 0 Å². The van der Waals surface area contributed by atoms with Gasteiger partial charge in [-0.15, -0.1) is 0 Å². The van der Waals surface area contributed by atoms with Crippen LogP contribution in [0.15, 0.2) is 0 Å². The molecule has 3 N–H and O–H groups in total. The highest BCUT2D eigenvalue weighted by Crippen LogP contribution is 2.03. The summed E-state index contributed by atoms with van der Waals surface area (Å²) in [6.07, 6.45) is 0. The summed E-state index contributed by atoms with van der Waals surface area (Å²) in [7, 11) is 1.98. The molecule has 1 rings (SSSR count). The van der Waals surface area contributed by atoms with Crippen LogP contribution in [-0.2, 0) is 4.79 Å². The minimum atomic E-state index is -1.93. The third kappa shape index (κ3) is 3.86. The van der Waals surface area contributed by atoms with Crippen LogP contribution in [0.3, 0.4) is 0 Å². The number of aliphatic hydroxyl groups is 1. The van der Waals surface area contributed by atoms with Gasteiger partial charge >= 0.3 is 12.0 Å². The molecule has 7 nitrogen and oxygen atoms in total. The number of nitrogens with one attached hydrogen (secondary N) is 1. The lowest BCUT2D eigenvalue weighted by Crippen LogP contribution is -2.54. The molecule has 17 heavy (non-hydrogen) atoms. The molecule has 0 aromatic rings. The van der Waals surface area contributed by atoms with Crippen LogP contribution in [0, 0.1) is 0 Å². The van der Waals surface area contributed by atoms with Crippen molar-refractivity contribution in [2.45, 2.75) is 12.5 Å². The smallest absolute Gasteiger partial charge is 0.337 e. The quantitative estimate of drug-likeness (QED) is 0.579. The molecule has 0 radical (unpaired) electrons. The van der Waals surface area contributed by atoms with Crippen LogP contribution in [0.1, 0.15) is 6.92 Å². The van der Waals surface area contributed by atoms with Crippen molar-refractivity contribution in [2.24, 2.45) is 0 Å². The summed E-state index contributed by atoms with van der Waals surface area (Å²) in [5, 5.41) is 20.5. The molecule has 1 aliphatic rings. The van der Waals surface area contributed by atoms with Crippen molar-refractivity contribution in [3.63, 3.8) is 0 Å². The van der Waals surface area contributed by atoms with Crippen LogP contribution in [0.4, 0.5) is 4.79 Å². The molecule has 98 valence electrons. The van der Waals surface area contributed by atoms with Crippen LogP contribution in [0.5, 0.6) is 0 Å². The molecule has 0 saturated carbocycles. The van der Waals surface area contributed by atoms with E-state index in [0.717, 1.165) is 20.0 Å². The number of carbonyl (C=O) groups is 2. The summed E-state index contributed by atoms with van der Waals surface area (Å²) >= 11 is 0. The summed E-state index contributed by atoms with van der Waals surface area (Å²) in [4.78, 5) is 26.0. The Hall–Kier alpha value is -1.34. The maximum absolute atomic E-state index is 11.7. The predicted octanol–water partition coefficient (Wildman–Crippen LogP) is -1.22. The molecule has 0 aromatic heterocycles. The van der Waals surface area contributed by atoms with E-state index in [1.165, 1.54) is 0 Å². The maximum Gasteiger partial charge on any atom is 0.337 e. The second-order valence-electron chi connectivity index (χ2n) is 4.53. The number of hydrogen-bond acceptors (Lipinski definition) is 4. The first-order chi connectivity index (χ1) is 7.83. The molecule has 1 atom stereocenters. The number of aliphatic carboxylic acids is 1. The Morgan fingerprint density at radius 2 is 1.82 bits per heavy atom. The van der Waals surface area contributed by atoms with Gasteiger partial charge < -0.3 is 25.3 Å². The second-order valence-corrected chi connectivity index (χ2v) is 4.53. The van der Waals surface area contributed by atoms with Gasteiger partial charge in [-0.3, -0.25) is 0 Å². The van der Waals surface area contributed by atoms with Gasteiger partial charge in [-0.05, 0) is 14.0 Å². The number of amides is 2. The van der Waals surface area contributed by atoms with E-state index in [4.69, 9.17) is 5.11 Å². The zero-order valence-corrected chi connectivity index (χ0v) is 10.1. The molecule has 0 aromatic carbocycles. The number of carboxylic acid groups (broad SMARTS) is 1. The standard InChI is InChI=1S/C10H19N3O4/c1-10(17,8(14)15)7-11-9(16)13-5-3-12(2)4-6-13/h17H,3-7H2,1-2H3,(H,11,16)(H,14,15). The number of carboxylic acids is 1. The van der Waals surface area contributed by atoms with Crippen molar-refractivity contribution < 1.29 is 19.8 Å². The van der Waals surface area contributed by atoms with Crippen molar-refractivity contribution in [2.75, 3.05) is 39.8 Å². The molecule has 1 unspecified atom stereocenters. The lowest BCUT2D eigenvalue weighted by molar-refractivity contribution is -0.155. The van der Waals surface area contributed by atoms with E-state index in [2.05, 4.69) is 10.2 Å². The molecular formula is C10H19N3O4. The van der Waals surface area contributed by atoms with Crippen molar-refractivity contribution in [3.8, 4) is 0 Å². The topological polar surface area (TPSA) is 93.1 Å². The number of urea groups is 1. The molecule has 1 heterocycles. The Bertz CT molecular complexity index is 298. The van der Waals surface area contributed by atoms with Crippen molar-refractivity contribution in [1.82, 2.24) is 15.1 Å². The van der Waals surface area contributed by atoms with Crippen LogP contribution >= 0.6 is 0 Å². The summed E-state index contributed by atoms with van der Waals surface area (Å²) in [6, 6.07) is -0.334. The van der Waals surface area contributed by atoms with Gasteiger partial charge in [0, 0.05) is 26.2 Å².